The molecule has 0 aliphatic carbocycles. The van der Waals surface area contributed by atoms with Crippen LogP contribution in [0, 0.1) is 21.7 Å². The summed E-state index contributed by atoms with van der Waals surface area (Å²) < 4.78 is 26.9. The zero-order valence-corrected chi connectivity index (χ0v) is 10.8. The number of hydrogen-bond donors (Lipinski definition) is 1. The molecule has 7 heteroatoms. The van der Waals surface area contributed by atoms with Crippen molar-refractivity contribution in [3.8, 4) is 0 Å². The third-order valence-corrected chi connectivity index (χ3v) is 2.91. The quantitative estimate of drug-likeness (QED) is 0.682. The van der Waals surface area contributed by atoms with Gasteiger partial charge in [0.25, 0.3) is 5.69 Å². The van der Waals surface area contributed by atoms with Crippen LogP contribution in [0.1, 0.15) is 5.56 Å². The predicted octanol–water partition coefficient (Wildman–Crippen LogP) is 4.14. The molecule has 1 N–H and O–H groups in total. The smallest absolute Gasteiger partial charge is 0.292 e. The van der Waals surface area contributed by atoms with Crippen LogP contribution in [0.2, 0.25) is 5.02 Å². The first-order valence-electron chi connectivity index (χ1n) is 5.59. The van der Waals surface area contributed by atoms with Gasteiger partial charge < -0.3 is 5.32 Å². The van der Waals surface area contributed by atoms with Crippen molar-refractivity contribution in [2.75, 3.05) is 5.32 Å². The number of nitrogens with zero attached hydrogens (tertiary/aromatic N) is 1. The Morgan fingerprint density at radius 3 is 2.45 bits per heavy atom. The molecule has 104 valence electrons. The summed E-state index contributed by atoms with van der Waals surface area (Å²) in [5, 5.41) is 13.8. The lowest BCUT2D eigenvalue weighted by molar-refractivity contribution is -0.384. The van der Waals surface area contributed by atoms with Gasteiger partial charge in [-0.3, -0.25) is 10.1 Å². The molecule has 0 aliphatic heterocycles. The van der Waals surface area contributed by atoms with Crippen molar-refractivity contribution >= 4 is 23.0 Å². The van der Waals surface area contributed by atoms with E-state index in [4.69, 9.17) is 11.6 Å². The molecule has 2 aromatic carbocycles. The third kappa shape index (κ3) is 3.03. The first kappa shape index (κ1) is 14.2. The maximum atomic E-state index is 13.5. The van der Waals surface area contributed by atoms with Gasteiger partial charge in [-0.1, -0.05) is 17.7 Å². The number of anilines is 1. The van der Waals surface area contributed by atoms with Gasteiger partial charge >= 0.3 is 0 Å². The number of halogens is 3. The fourth-order valence-corrected chi connectivity index (χ4v) is 1.87. The van der Waals surface area contributed by atoms with Crippen LogP contribution in [0.15, 0.2) is 36.4 Å². The Morgan fingerprint density at radius 2 is 1.85 bits per heavy atom. The first-order chi connectivity index (χ1) is 9.49. The summed E-state index contributed by atoms with van der Waals surface area (Å²) in [5.41, 5.74) is -0.307. The van der Waals surface area contributed by atoms with Gasteiger partial charge in [0.05, 0.1) is 4.92 Å². The van der Waals surface area contributed by atoms with Crippen molar-refractivity contribution in [1.82, 2.24) is 0 Å². The summed E-state index contributed by atoms with van der Waals surface area (Å²) in [6.07, 6.45) is 0. The minimum Gasteiger partial charge on any atom is -0.375 e. The molecule has 2 aromatic rings. The third-order valence-electron chi connectivity index (χ3n) is 2.67. The number of benzene rings is 2. The van der Waals surface area contributed by atoms with Crippen LogP contribution >= 0.6 is 11.6 Å². The lowest BCUT2D eigenvalue weighted by Crippen LogP contribution is -2.06. The van der Waals surface area contributed by atoms with Crippen molar-refractivity contribution in [3.05, 3.63) is 68.7 Å². The second-order valence-corrected chi connectivity index (χ2v) is 4.41. The van der Waals surface area contributed by atoms with E-state index < -0.39 is 16.6 Å². The molecule has 0 aromatic heterocycles. The van der Waals surface area contributed by atoms with Crippen molar-refractivity contribution in [1.29, 1.82) is 0 Å². The first-order valence-corrected chi connectivity index (χ1v) is 5.97. The highest BCUT2D eigenvalue weighted by Gasteiger charge is 2.15. The SMILES string of the molecule is O=[N+]([O-])c1ccc(Cl)cc1NCc1c(F)cccc1F. The number of nitrogens with one attached hydrogen (secondary N) is 1. The Hall–Kier alpha value is -2.21. The Kier molecular flexibility index (Phi) is 4.14. The summed E-state index contributed by atoms with van der Waals surface area (Å²) in [4.78, 5) is 10.3. The van der Waals surface area contributed by atoms with E-state index in [0.717, 1.165) is 12.1 Å². The molecule has 4 nitrogen and oxygen atoms in total. The van der Waals surface area contributed by atoms with E-state index in [0.29, 0.717) is 0 Å². The van der Waals surface area contributed by atoms with Crippen LogP contribution in [0.5, 0.6) is 0 Å². The van der Waals surface area contributed by atoms with Gasteiger partial charge in [0.2, 0.25) is 0 Å². The number of hydrogen-bond acceptors (Lipinski definition) is 3. The largest absolute Gasteiger partial charge is 0.375 e. The Labute approximate surface area is 118 Å². The second-order valence-electron chi connectivity index (χ2n) is 3.97. The van der Waals surface area contributed by atoms with E-state index >= 15 is 0 Å². The van der Waals surface area contributed by atoms with Crippen LogP contribution in [-0.4, -0.2) is 4.92 Å². The van der Waals surface area contributed by atoms with Crippen LogP contribution in [-0.2, 0) is 6.54 Å². The topological polar surface area (TPSA) is 55.2 Å². The van der Waals surface area contributed by atoms with Crippen LogP contribution in [0.3, 0.4) is 0 Å². The molecule has 0 radical (unpaired) electrons. The van der Waals surface area contributed by atoms with Gasteiger partial charge in [-0.25, -0.2) is 8.78 Å². The summed E-state index contributed by atoms with van der Waals surface area (Å²) >= 11 is 5.76. The molecule has 2 rings (SSSR count). The van der Waals surface area contributed by atoms with Crippen molar-refractivity contribution in [3.63, 3.8) is 0 Å². The van der Waals surface area contributed by atoms with Crippen molar-refractivity contribution in [2.45, 2.75) is 6.54 Å². The average molecular weight is 299 g/mol. The summed E-state index contributed by atoms with van der Waals surface area (Å²) in [7, 11) is 0. The predicted molar refractivity (Wildman–Crippen MR) is 71.8 cm³/mol. The fraction of sp³-hybridized carbons (Fsp3) is 0.0769. The summed E-state index contributed by atoms with van der Waals surface area (Å²) in [6, 6.07) is 7.41. The van der Waals surface area contributed by atoms with Crippen LogP contribution in [0.4, 0.5) is 20.2 Å². The number of nitro groups is 1. The molecular weight excluding hydrogens is 290 g/mol. The average Bonchev–Trinajstić information content (AvgIpc) is 2.37. The van der Waals surface area contributed by atoms with Gasteiger partial charge in [0, 0.05) is 23.2 Å². The van der Waals surface area contributed by atoms with Gasteiger partial charge in [0.15, 0.2) is 0 Å². The van der Waals surface area contributed by atoms with Crippen molar-refractivity contribution in [2.24, 2.45) is 0 Å². The van der Waals surface area contributed by atoms with Gasteiger partial charge in [-0.05, 0) is 24.3 Å². The molecule has 20 heavy (non-hydrogen) atoms. The van der Waals surface area contributed by atoms with Crippen LogP contribution in [0.25, 0.3) is 0 Å². The van der Waals surface area contributed by atoms with Gasteiger partial charge in [-0.2, -0.15) is 0 Å². The van der Waals surface area contributed by atoms with Gasteiger partial charge in [0.1, 0.15) is 17.3 Å². The Morgan fingerprint density at radius 1 is 1.20 bits per heavy atom. The summed E-state index contributed by atoms with van der Waals surface area (Å²) in [6.45, 7) is -0.223. The highest BCUT2D eigenvalue weighted by atomic mass is 35.5. The molecule has 0 heterocycles. The molecule has 0 spiro atoms. The fourth-order valence-electron chi connectivity index (χ4n) is 1.69. The molecule has 0 aliphatic rings. The lowest BCUT2D eigenvalue weighted by Gasteiger charge is -2.09. The lowest BCUT2D eigenvalue weighted by atomic mass is 10.2. The van der Waals surface area contributed by atoms with Crippen LogP contribution < -0.4 is 5.32 Å². The zero-order valence-electron chi connectivity index (χ0n) is 10.1. The normalized spacial score (nSPS) is 10.3. The van der Waals surface area contributed by atoms with E-state index in [-0.39, 0.29) is 28.5 Å². The Balaban J connectivity index is 2.27. The minimum absolute atomic E-state index is 0.102. The van der Waals surface area contributed by atoms with Gasteiger partial charge in [-0.15, -0.1) is 0 Å². The molecular formula is C13H9ClF2N2O2. The standard InChI is InChI=1S/C13H9ClF2N2O2/c14-8-4-5-13(18(19)20)12(6-8)17-7-9-10(15)2-1-3-11(9)16/h1-6,17H,7H2. The highest BCUT2D eigenvalue weighted by molar-refractivity contribution is 6.31. The van der Waals surface area contributed by atoms with E-state index in [2.05, 4.69) is 5.32 Å². The number of nitro benzene ring substituents is 1. The Bertz CT molecular complexity index is 645. The highest BCUT2D eigenvalue weighted by Crippen LogP contribution is 2.28. The van der Waals surface area contributed by atoms with E-state index in [1.807, 2.05) is 0 Å². The van der Waals surface area contributed by atoms with E-state index in [1.54, 1.807) is 0 Å². The monoisotopic (exact) mass is 298 g/mol. The summed E-state index contributed by atoms with van der Waals surface area (Å²) in [5.74, 6) is -1.44. The van der Waals surface area contributed by atoms with E-state index in [9.17, 15) is 18.9 Å². The maximum Gasteiger partial charge on any atom is 0.292 e. The molecule has 0 fully saturated rings. The molecule has 0 atom stereocenters. The maximum absolute atomic E-state index is 13.5. The second kappa shape index (κ2) is 5.83. The molecule has 0 saturated carbocycles. The molecule has 0 bridgehead atoms. The number of rotatable bonds is 4. The van der Waals surface area contributed by atoms with Crippen molar-refractivity contribution < 1.29 is 13.7 Å². The van der Waals surface area contributed by atoms with E-state index in [1.165, 1.54) is 24.3 Å². The molecule has 0 saturated heterocycles. The zero-order chi connectivity index (χ0) is 14.7. The molecule has 0 unspecified atom stereocenters. The molecule has 0 amide bonds. The minimum atomic E-state index is -0.720.